The fourth-order valence-corrected chi connectivity index (χ4v) is 4.04. The predicted octanol–water partition coefficient (Wildman–Crippen LogP) is 4.07. The van der Waals surface area contributed by atoms with Crippen LogP contribution in [-0.4, -0.2) is 27.0 Å². The van der Waals surface area contributed by atoms with E-state index >= 15 is 0 Å². The summed E-state index contributed by atoms with van der Waals surface area (Å²) in [6.45, 7) is 18.6. The first-order valence-electron chi connectivity index (χ1n) is 7.05. The maximum absolute atomic E-state index is 12.2. The van der Waals surface area contributed by atoms with E-state index < -0.39 is 19.3 Å². The summed E-state index contributed by atoms with van der Waals surface area (Å²) in [5.74, 6) is -0.226. The molecule has 4 heteroatoms. The molecule has 1 fully saturated rings. The van der Waals surface area contributed by atoms with E-state index in [9.17, 15) is 4.79 Å². The molecule has 0 aromatic heterocycles. The molecule has 20 heavy (non-hydrogen) atoms. The van der Waals surface area contributed by atoms with Crippen molar-refractivity contribution in [2.45, 2.75) is 57.3 Å². The number of ether oxygens (including phenoxy) is 1. The van der Waals surface area contributed by atoms with Crippen LogP contribution in [0, 0.1) is 5.41 Å². The smallest absolute Gasteiger partial charge is 0.315 e. The third-order valence-corrected chi connectivity index (χ3v) is 9.38. The number of hydrogen-bond donors (Lipinski definition) is 0. The van der Waals surface area contributed by atoms with E-state index in [0.717, 1.165) is 0 Å². The Morgan fingerprint density at radius 2 is 1.90 bits per heavy atom. The number of carbonyl (C=O) groups is 1. The number of carbonyl (C=O) groups excluding carboxylic acids is 1. The molecular formula is C16H28O3Si. The Labute approximate surface area is 124 Å². The van der Waals surface area contributed by atoms with E-state index in [0.29, 0.717) is 12.8 Å². The van der Waals surface area contributed by atoms with Gasteiger partial charge in [-0.1, -0.05) is 32.9 Å². The minimum absolute atomic E-state index is 0.0850. The third-order valence-electron chi connectivity index (χ3n) is 4.89. The molecule has 3 nitrogen and oxygen atoms in total. The van der Waals surface area contributed by atoms with Crippen LogP contribution in [0.2, 0.25) is 18.1 Å². The lowest BCUT2D eigenvalue weighted by molar-refractivity contribution is -0.149. The van der Waals surface area contributed by atoms with Crippen molar-refractivity contribution in [2.75, 3.05) is 7.11 Å². The van der Waals surface area contributed by atoms with E-state index in [1.807, 2.05) is 0 Å². The second-order valence-corrected chi connectivity index (χ2v) is 11.9. The maximum atomic E-state index is 12.2. The van der Waals surface area contributed by atoms with Crippen molar-refractivity contribution in [1.29, 1.82) is 0 Å². The number of allylic oxidation sites excluding steroid dienone is 1. The highest BCUT2D eigenvalue weighted by atomic mass is 28.4. The first kappa shape index (κ1) is 17.2. The van der Waals surface area contributed by atoms with Crippen molar-refractivity contribution in [3.63, 3.8) is 0 Å². The molecule has 0 aliphatic heterocycles. The first-order valence-corrected chi connectivity index (χ1v) is 9.96. The molecular weight excluding hydrogens is 268 g/mol. The summed E-state index contributed by atoms with van der Waals surface area (Å²) in [7, 11) is -0.566. The molecule has 0 amide bonds. The topological polar surface area (TPSA) is 35.5 Å². The van der Waals surface area contributed by atoms with Gasteiger partial charge in [0.2, 0.25) is 0 Å². The van der Waals surface area contributed by atoms with Gasteiger partial charge in [0.25, 0.3) is 0 Å². The molecule has 1 saturated carbocycles. The van der Waals surface area contributed by atoms with Crippen molar-refractivity contribution in [3.8, 4) is 0 Å². The molecule has 0 saturated heterocycles. The van der Waals surface area contributed by atoms with E-state index in [-0.39, 0.29) is 11.0 Å². The summed E-state index contributed by atoms with van der Waals surface area (Å²) in [6.07, 6.45) is 4.74. The van der Waals surface area contributed by atoms with Gasteiger partial charge in [-0.2, -0.15) is 0 Å². The van der Waals surface area contributed by atoms with Crippen molar-refractivity contribution < 1.29 is 14.0 Å². The Morgan fingerprint density at radius 3 is 2.25 bits per heavy atom. The van der Waals surface area contributed by atoms with E-state index in [1.54, 1.807) is 12.2 Å². The molecule has 114 valence electrons. The van der Waals surface area contributed by atoms with Crippen LogP contribution in [0.1, 0.15) is 33.6 Å². The van der Waals surface area contributed by atoms with E-state index in [1.165, 1.54) is 7.11 Å². The summed E-state index contributed by atoms with van der Waals surface area (Å²) in [4.78, 5) is 12.2. The third kappa shape index (κ3) is 2.51. The van der Waals surface area contributed by atoms with Crippen molar-refractivity contribution in [1.82, 2.24) is 0 Å². The number of methoxy groups -OCH3 is 1. The molecule has 0 spiro atoms. The maximum Gasteiger partial charge on any atom is 0.315 e. The van der Waals surface area contributed by atoms with Crippen molar-refractivity contribution >= 4 is 14.3 Å². The van der Waals surface area contributed by atoms with Gasteiger partial charge in [-0.05, 0) is 31.0 Å². The quantitative estimate of drug-likeness (QED) is 0.421. The molecule has 1 aliphatic rings. The van der Waals surface area contributed by atoms with Crippen LogP contribution in [0.4, 0.5) is 0 Å². The normalized spacial score (nSPS) is 29.7. The zero-order valence-corrected chi connectivity index (χ0v) is 14.7. The summed E-state index contributed by atoms with van der Waals surface area (Å²) < 4.78 is 11.5. The molecule has 0 radical (unpaired) electrons. The average molecular weight is 296 g/mol. The van der Waals surface area contributed by atoms with Crippen molar-refractivity contribution in [2.24, 2.45) is 5.41 Å². The lowest BCUT2D eigenvalue weighted by Gasteiger charge is -2.40. The average Bonchev–Trinajstić information content (AvgIpc) is 2.96. The van der Waals surface area contributed by atoms with Gasteiger partial charge in [0.15, 0.2) is 8.32 Å². The summed E-state index contributed by atoms with van der Waals surface area (Å²) >= 11 is 0. The summed E-state index contributed by atoms with van der Waals surface area (Å²) in [5, 5.41) is 0.0850. The Morgan fingerprint density at radius 1 is 1.35 bits per heavy atom. The Hall–Kier alpha value is -0.873. The fraction of sp³-hybridized carbons (Fsp3) is 0.688. The molecule has 0 unspecified atom stereocenters. The van der Waals surface area contributed by atoms with Gasteiger partial charge in [-0.3, -0.25) is 4.79 Å². The van der Waals surface area contributed by atoms with Gasteiger partial charge in [-0.15, -0.1) is 13.2 Å². The number of rotatable bonds is 6. The molecule has 0 heterocycles. The van der Waals surface area contributed by atoms with Crippen LogP contribution in [0.15, 0.2) is 25.3 Å². The summed E-state index contributed by atoms with van der Waals surface area (Å²) in [5.41, 5.74) is -1.24. The first-order chi connectivity index (χ1) is 9.02. The van der Waals surface area contributed by atoms with Crippen LogP contribution in [-0.2, 0) is 14.0 Å². The highest BCUT2D eigenvalue weighted by Crippen LogP contribution is 2.64. The Bertz CT molecular complexity index is 422. The molecule has 1 rings (SSSR count). The molecule has 0 N–H and O–H groups in total. The lowest BCUT2D eigenvalue weighted by atomic mass is 9.97. The van der Waals surface area contributed by atoms with Crippen LogP contribution in [0.3, 0.4) is 0 Å². The lowest BCUT2D eigenvalue weighted by Crippen LogP contribution is -2.46. The molecule has 2 atom stereocenters. The second kappa shape index (κ2) is 5.15. The molecule has 0 aromatic rings. The van der Waals surface area contributed by atoms with Crippen LogP contribution in [0.5, 0.6) is 0 Å². The molecule has 1 aliphatic carbocycles. The second-order valence-electron chi connectivity index (χ2n) is 7.20. The van der Waals surface area contributed by atoms with Crippen LogP contribution in [0.25, 0.3) is 0 Å². The highest BCUT2D eigenvalue weighted by molar-refractivity contribution is 6.74. The Kier molecular flexibility index (Phi) is 4.43. The molecule has 0 aromatic carbocycles. The summed E-state index contributed by atoms with van der Waals surface area (Å²) in [6, 6.07) is 0. The number of esters is 1. The Balaban J connectivity index is 3.11. The van der Waals surface area contributed by atoms with Crippen LogP contribution >= 0.6 is 0 Å². The van der Waals surface area contributed by atoms with Gasteiger partial charge >= 0.3 is 5.97 Å². The SMILES string of the molecule is C=CC[C@]1(C(=O)OC)C[C@]1(C=C)O[Si](C)(C)C(C)(C)C. The van der Waals surface area contributed by atoms with Crippen molar-refractivity contribution in [3.05, 3.63) is 25.3 Å². The fourth-order valence-electron chi connectivity index (χ4n) is 2.47. The highest BCUT2D eigenvalue weighted by Gasteiger charge is 2.73. The van der Waals surface area contributed by atoms with Gasteiger partial charge in [0.1, 0.15) is 5.41 Å². The molecule has 0 bridgehead atoms. The largest absolute Gasteiger partial charge is 0.468 e. The predicted molar refractivity (Wildman–Crippen MR) is 85.1 cm³/mol. The van der Waals surface area contributed by atoms with Gasteiger partial charge in [0.05, 0.1) is 12.7 Å². The van der Waals surface area contributed by atoms with Gasteiger partial charge in [0, 0.05) is 0 Å². The van der Waals surface area contributed by atoms with Gasteiger partial charge in [-0.25, -0.2) is 0 Å². The van der Waals surface area contributed by atoms with E-state index in [4.69, 9.17) is 9.16 Å². The van der Waals surface area contributed by atoms with Crippen LogP contribution < -0.4 is 0 Å². The minimum Gasteiger partial charge on any atom is -0.468 e. The van der Waals surface area contributed by atoms with E-state index in [2.05, 4.69) is 47.0 Å². The zero-order valence-electron chi connectivity index (χ0n) is 13.7. The monoisotopic (exact) mass is 296 g/mol. The minimum atomic E-state index is -1.99. The standard InChI is InChI=1S/C16H28O3Si/c1-9-11-15(13(17)18-6)12-16(15,10-2)19-20(7,8)14(3,4)5/h9-10H,1-2,11-12H2,3-8H3/t15-,16+/m1/s1. The zero-order chi connectivity index (χ0) is 15.8. The van der Waals surface area contributed by atoms with Gasteiger partial charge < -0.3 is 9.16 Å². The number of hydrogen-bond acceptors (Lipinski definition) is 3.